The molecule has 0 radical (unpaired) electrons. The molecule has 0 fully saturated rings. The van der Waals surface area contributed by atoms with Crippen molar-refractivity contribution < 1.29 is 46.9 Å². The van der Waals surface area contributed by atoms with Crippen LogP contribution in [-0.4, -0.2) is 65.2 Å². The number of unbranched alkanes of at least 4 members (excludes halogenated alkanes) is 2. The molecule has 0 spiro atoms. The fraction of sp³-hybridized carbons (Fsp3) is 0.368. The number of carbonyl (C=O) groups is 3. The Morgan fingerprint density at radius 1 is 0.923 bits per heavy atom. The summed E-state index contributed by atoms with van der Waals surface area (Å²) >= 11 is 0. The highest BCUT2D eigenvalue weighted by molar-refractivity contribution is 5.99. The molecule has 1 atom stereocenters. The lowest BCUT2D eigenvalue weighted by molar-refractivity contribution is -0.192. The minimum Gasteiger partial charge on any atom is -0.497 e. The average Bonchev–Trinajstić information content (AvgIpc) is 3.74. The first kappa shape index (κ1) is 39.3. The number of benzene rings is 3. The Kier molecular flexibility index (Phi) is 13.3. The van der Waals surface area contributed by atoms with Crippen molar-refractivity contribution >= 4 is 39.3 Å². The number of ketones is 1. The molecule has 11 nitrogen and oxygen atoms in total. The quantitative estimate of drug-likeness (QED) is 0.0792. The molecule has 5 rings (SSSR count). The van der Waals surface area contributed by atoms with E-state index in [0.29, 0.717) is 30.8 Å². The van der Waals surface area contributed by atoms with Crippen molar-refractivity contribution in [3.63, 3.8) is 0 Å². The number of carbonyl (C=O) groups excluding carboxylic acids is 2. The Labute approximate surface area is 298 Å². The monoisotopic (exact) mass is 724 g/mol. The number of H-pyrrole nitrogens is 2. The molecule has 2 heterocycles. The lowest BCUT2D eigenvalue weighted by Crippen LogP contribution is -2.30. The first-order valence-corrected chi connectivity index (χ1v) is 16.8. The number of carboxylic acids is 1. The van der Waals surface area contributed by atoms with Crippen LogP contribution in [0.3, 0.4) is 0 Å². The molecule has 5 aromatic rings. The second-order valence-electron chi connectivity index (χ2n) is 12.1. The Balaban J connectivity index is 0.000000785. The van der Waals surface area contributed by atoms with E-state index >= 15 is 0 Å². The molecule has 1 amide bonds. The number of methoxy groups -OCH3 is 3. The van der Waals surface area contributed by atoms with Gasteiger partial charge in [-0.25, -0.2) is 9.78 Å². The number of aliphatic carboxylic acids is 1. The molecular weight excluding hydrogens is 681 g/mol. The van der Waals surface area contributed by atoms with E-state index in [4.69, 9.17) is 29.1 Å². The smallest absolute Gasteiger partial charge is 0.490 e. The van der Waals surface area contributed by atoms with E-state index in [1.165, 1.54) is 0 Å². The molecule has 278 valence electrons. The zero-order valence-corrected chi connectivity index (χ0v) is 29.7. The van der Waals surface area contributed by atoms with Crippen molar-refractivity contribution in [2.45, 2.75) is 71.0 Å². The number of nitrogens with zero attached hydrogens (tertiary/aromatic N) is 1. The highest BCUT2D eigenvalue weighted by Crippen LogP contribution is 2.41. The van der Waals surface area contributed by atoms with Crippen molar-refractivity contribution in [1.29, 1.82) is 0 Å². The van der Waals surface area contributed by atoms with Gasteiger partial charge in [-0.15, -0.1) is 0 Å². The summed E-state index contributed by atoms with van der Waals surface area (Å²) in [6.07, 6.45) is 1.30. The van der Waals surface area contributed by atoms with Crippen molar-refractivity contribution in [3.8, 4) is 28.5 Å². The summed E-state index contributed by atoms with van der Waals surface area (Å²) in [4.78, 5) is 45.9. The number of hydrogen-bond acceptors (Lipinski definition) is 7. The number of amides is 1. The predicted octanol–water partition coefficient (Wildman–Crippen LogP) is 8.01. The molecule has 52 heavy (non-hydrogen) atoms. The summed E-state index contributed by atoms with van der Waals surface area (Å²) in [5.41, 5.74) is 4.43. The first-order valence-electron chi connectivity index (χ1n) is 16.8. The number of aromatic nitrogens is 3. The topological polar surface area (TPSA) is 156 Å². The van der Waals surface area contributed by atoms with E-state index in [2.05, 4.69) is 15.3 Å². The van der Waals surface area contributed by atoms with Gasteiger partial charge in [0.25, 0.3) is 0 Å². The van der Waals surface area contributed by atoms with Crippen LogP contribution in [0.2, 0.25) is 0 Å². The number of ether oxygens (including phenoxy) is 3. The number of hydrogen-bond donors (Lipinski definition) is 4. The molecular formula is C38H43F3N4O7. The van der Waals surface area contributed by atoms with Gasteiger partial charge >= 0.3 is 12.1 Å². The third kappa shape index (κ3) is 9.62. The van der Waals surface area contributed by atoms with Crippen molar-refractivity contribution in [2.75, 3.05) is 21.3 Å². The summed E-state index contributed by atoms with van der Waals surface area (Å²) in [5.74, 6) is 0.271. The van der Waals surface area contributed by atoms with Crippen LogP contribution in [0.25, 0.3) is 32.9 Å². The fourth-order valence-electron chi connectivity index (χ4n) is 5.98. The van der Waals surface area contributed by atoms with E-state index in [9.17, 15) is 22.8 Å². The number of carboxylic acid groups (broad SMARTS) is 1. The summed E-state index contributed by atoms with van der Waals surface area (Å²) in [6.45, 7) is 3.88. The second-order valence-corrected chi connectivity index (χ2v) is 12.1. The SMILES string of the molecule is CCC(=O)CCCCC[C@H](NC(=O)Cc1c(C)[nH]c2ccc(OC)cc12)c1ncc(-c2cc(OC)c3ccccc3c2OC)[nH]1.O=C(O)C(F)(F)F. The molecule has 4 N–H and O–H groups in total. The fourth-order valence-corrected chi connectivity index (χ4v) is 5.98. The number of rotatable bonds is 15. The van der Waals surface area contributed by atoms with Crippen LogP contribution in [0.5, 0.6) is 17.2 Å². The van der Waals surface area contributed by atoms with Crippen LogP contribution < -0.4 is 19.5 Å². The number of aryl methyl sites for hydroxylation is 1. The van der Waals surface area contributed by atoms with E-state index < -0.39 is 12.1 Å². The van der Waals surface area contributed by atoms with Gasteiger partial charge in [0.1, 0.15) is 28.9 Å². The van der Waals surface area contributed by atoms with E-state index in [1.807, 2.05) is 62.4 Å². The lowest BCUT2D eigenvalue weighted by Gasteiger charge is -2.18. The summed E-state index contributed by atoms with van der Waals surface area (Å²) in [5, 5.41) is 13.2. The van der Waals surface area contributed by atoms with Crippen LogP contribution in [0.1, 0.15) is 68.6 Å². The second kappa shape index (κ2) is 17.6. The van der Waals surface area contributed by atoms with Gasteiger partial charge in [0, 0.05) is 45.8 Å². The molecule has 3 aromatic carbocycles. The summed E-state index contributed by atoms with van der Waals surface area (Å²) < 4.78 is 48.8. The lowest BCUT2D eigenvalue weighted by atomic mass is 10.0. The van der Waals surface area contributed by atoms with E-state index in [0.717, 1.165) is 75.0 Å². The van der Waals surface area contributed by atoms with E-state index in [-0.39, 0.29) is 24.2 Å². The van der Waals surface area contributed by atoms with Gasteiger partial charge in [0.05, 0.1) is 45.7 Å². The number of Topliss-reactive ketones (excluding diaryl/α,β-unsaturated/α-hetero) is 1. The van der Waals surface area contributed by atoms with Gasteiger partial charge in [-0.1, -0.05) is 44.0 Å². The van der Waals surface area contributed by atoms with Crippen LogP contribution in [0, 0.1) is 6.92 Å². The Bertz CT molecular complexity index is 2020. The number of alkyl halides is 3. The molecule has 14 heteroatoms. The van der Waals surface area contributed by atoms with Gasteiger partial charge < -0.3 is 34.6 Å². The van der Waals surface area contributed by atoms with Crippen molar-refractivity contribution in [3.05, 3.63) is 71.8 Å². The largest absolute Gasteiger partial charge is 0.497 e. The van der Waals surface area contributed by atoms with Gasteiger partial charge in [-0.05, 0) is 49.6 Å². The number of aromatic amines is 2. The molecule has 0 bridgehead atoms. The zero-order valence-electron chi connectivity index (χ0n) is 29.7. The molecule has 0 unspecified atom stereocenters. The highest BCUT2D eigenvalue weighted by atomic mass is 19.4. The van der Waals surface area contributed by atoms with Crippen molar-refractivity contribution in [2.24, 2.45) is 0 Å². The molecule has 0 aliphatic carbocycles. The maximum Gasteiger partial charge on any atom is 0.490 e. The van der Waals surface area contributed by atoms with Crippen LogP contribution in [-0.2, 0) is 20.8 Å². The number of fused-ring (bicyclic) bond motifs is 2. The van der Waals surface area contributed by atoms with E-state index in [1.54, 1.807) is 27.5 Å². The highest BCUT2D eigenvalue weighted by Gasteiger charge is 2.38. The van der Waals surface area contributed by atoms with Gasteiger partial charge in [-0.2, -0.15) is 13.2 Å². The minimum absolute atomic E-state index is 0.101. The van der Waals surface area contributed by atoms with Crippen LogP contribution in [0.15, 0.2) is 54.7 Å². The zero-order chi connectivity index (χ0) is 38.0. The standard InChI is InChI=1S/C36H42N4O5.C2HF3O2/c1-6-23(41)12-8-7-9-15-31(39-34(42)20-27-22(2)38-30-17-16-24(43-3)18-28(27)30)36-37-21-32(40-36)29-19-33(44-4)25-13-10-11-14-26(25)35(29)45-5;3-2(4,5)1(6)7/h10-11,13-14,16-19,21,31,38H,6-9,12,15,20H2,1-5H3,(H,37,40)(H,39,42);(H,6,7)/t31-;/m0./s1. The molecule has 0 saturated heterocycles. The number of nitrogens with one attached hydrogen (secondary N) is 3. The Morgan fingerprint density at radius 3 is 2.27 bits per heavy atom. The summed E-state index contributed by atoms with van der Waals surface area (Å²) in [7, 11) is 4.95. The number of imidazole rings is 1. The summed E-state index contributed by atoms with van der Waals surface area (Å²) in [6, 6.07) is 15.4. The van der Waals surface area contributed by atoms with Gasteiger partial charge in [0.15, 0.2) is 0 Å². The predicted molar refractivity (Wildman–Crippen MR) is 191 cm³/mol. The molecule has 0 aliphatic rings. The molecule has 2 aromatic heterocycles. The Hall–Kier alpha value is -5.53. The normalized spacial score (nSPS) is 11.8. The Morgan fingerprint density at radius 2 is 1.63 bits per heavy atom. The third-order valence-electron chi connectivity index (χ3n) is 8.68. The number of halogens is 3. The molecule has 0 saturated carbocycles. The maximum absolute atomic E-state index is 13.6. The average molecular weight is 725 g/mol. The van der Waals surface area contributed by atoms with Gasteiger partial charge in [0.2, 0.25) is 5.91 Å². The third-order valence-corrected chi connectivity index (χ3v) is 8.68. The van der Waals surface area contributed by atoms with Crippen molar-refractivity contribution in [1.82, 2.24) is 20.3 Å². The van der Waals surface area contributed by atoms with Gasteiger partial charge in [-0.3, -0.25) is 9.59 Å². The minimum atomic E-state index is -5.08. The first-order chi connectivity index (χ1) is 24.8. The molecule has 0 aliphatic heterocycles. The van der Waals surface area contributed by atoms with Crippen LogP contribution in [0.4, 0.5) is 13.2 Å². The van der Waals surface area contributed by atoms with Crippen LogP contribution >= 0.6 is 0 Å². The maximum atomic E-state index is 13.6.